The highest BCUT2D eigenvalue weighted by atomic mass is 16.2. The van der Waals surface area contributed by atoms with E-state index in [-0.39, 0.29) is 17.4 Å². The Morgan fingerprint density at radius 3 is 2.65 bits per heavy atom. The largest absolute Gasteiger partial charge is 0.348 e. The molecule has 1 aromatic heterocycles. The third-order valence-corrected chi connectivity index (χ3v) is 4.36. The van der Waals surface area contributed by atoms with Crippen molar-refractivity contribution in [3.05, 3.63) is 24.0 Å². The quantitative estimate of drug-likeness (QED) is 0.892. The maximum atomic E-state index is 12.5. The minimum atomic E-state index is 0.0379. The Morgan fingerprint density at radius 2 is 2.05 bits per heavy atom. The highest BCUT2D eigenvalue weighted by molar-refractivity contribution is 5.93. The van der Waals surface area contributed by atoms with E-state index in [2.05, 4.69) is 42.9 Å². The van der Waals surface area contributed by atoms with E-state index in [1.54, 1.807) is 0 Å². The number of rotatable bonds is 3. The Hall–Kier alpha value is -1.29. The maximum absolute atomic E-state index is 12.5. The van der Waals surface area contributed by atoms with Crippen molar-refractivity contribution in [2.45, 2.75) is 52.6 Å². The molecule has 1 aliphatic rings. The van der Waals surface area contributed by atoms with Crippen LogP contribution in [0.4, 0.5) is 0 Å². The van der Waals surface area contributed by atoms with Crippen molar-refractivity contribution in [2.24, 2.45) is 5.41 Å². The molecule has 20 heavy (non-hydrogen) atoms. The number of nitrogens with zero attached hydrogens (tertiary/aromatic N) is 1. The molecule has 1 amide bonds. The van der Waals surface area contributed by atoms with E-state index in [1.165, 1.54) is 0 Å². The monoisotopic (exact) mass is 277 g/mol. The van der Waals surface area contributed by atoms with Crippen LogP contribution in [0.1, 0.15) is 57.1 Å². The van der Waals surface area contributed by atoms with Gasteiger partial charge in [0.2, 0.25) is 0 Å². The van der Waals surface area contributed by atoms with Gasteiger partial charge in [-0.1, -0.05) is 20.8 Å². The molecule has 0 saturated carbocycles. The molecule has 0 aromatic carbocycles. The molecule has 0 bridgehead atoms. The summed E-state index contributed by atoms with van der Waals surface area (Å²) in [5.41, 5.74) is 0.856. The van der Waals surface area contributed by atoms with Crippen LogP contribution in [0.2, 0.25) is 0 Å². The van der Waals surface area contributed by atoms with Gasteiger partial charge in [-0.2, -0.15) is 0 Å². The summed E-state index contributed by atoms with van der Waals surface area (Å²) in [6, 6.07) is 4.48. The van der Waals surface area contributed by atoms with Gasteiger partial charge in [-0.05, 0) is 50.4 Å². The first-order valence-electron chi connectivity index (χ1n) is 7.58. The second kappa shape index (κ2) is 6.00. The van der Waals surface area contributed by atoms with Gasteiger partial charge in [-0.25, -0.2) is 0 Å². The number of nitrogens with one attached hydrogen (secondary N) is 2. The molecule has 1 atom stereocenters. The van der Waals surface area contributed by atoms with Gasteiger partial charge in [-0.15, -0.1) is 0 Å². The minimum Gasteiger partial charge on any atom is -0.348 e. The fraction of sp³-hybridized carbons (Fsp3) is 0.688. The SMILES string of the molecule is CC(NC(=O)c1cccn1C1CCNCC1)C(C)(C)C. The van der Waals surface area contributed by atoms with Gasteiger partial charge in [0.25, 0.3) is 5.91 Å². The molecule has 1 aromatic rings. The zero-order chi connectivity index (χ0) is 14.8. The van der Waals surface area contributed by atoms with Gasteiger partial charge < -0.3 is 15.2 Å². The number of carbonyl (C=O) groups excluding carboxylic acids is 1. The summed E-state index contributed by atoms with van der Waals surface area (Å²) < 4.78 is 2.14. The van der Waals surface area contributed by atoms with Crippen molar-refractivity contribution < 1.29 is 4.79 Å². The number of amides is 1. The summed E-state index contributed by atoms with van der Waals surface area (Å²) in [6.07, 6.45) is 4.21. The minimum absolute atomic E-state index is 0.0379. The fourth-order valence-electron chi connectivity index (χ4n) is 2.48. The molecule has 1 unspecified atom stereocenters. The van der Waals surface area contributed by atoms with Crippen molar-refractivity contribution in [3.63, 3.8) is 0 Å². The summed E-state index contributed by atoms with van der Waals surface area (Å²) in [6.45, 7) is 10.6. The van der Waals surface area contributed by atoms with E-state index in [1.807, 2.05) is 18.3 Å². The second-order valence-corrected chi connectivity index (χ2v) is 6.84. The molecular weight excluding hydrogens is 250 g/mol. The lowest BCUT2D eigenvalue weighted by Crippen LogP contribution is -2.42. The smallest absolute Gasteiger partial charge is 0.268 e. The molecule has 4 nitrogen and oxygen atoms in total. The molecule has 0 radical (unpaired) electrons. The van der Waals surface area contributed by atoms with Crippen LogP contribution in [0.25, 0.3) is 0 Å². The first-order chi connectivity index (χ1) is 9.39. The van der Waals surface area contributed by atoms with E-state index in [9.17, 15) is 4.79 Å². The summed E-state index contributed by atoms with van der Waals surface area (Å²) in [5.74, 6) is 0.0379. The molecular formula is C16H27N3O. The van der Waals surface area contributed by atoms with E-state index < -0.39 is 0 Å². The summed E-state index contributed by atoms with van der Waals surface area (Å²) in [7, 11) is 0. The second-order valence-electron chi connectivity index (χ2n) is 6.84. The van der Waals surface area contributed by atoms with Gasteiger partial charge in [0.05, 0.1) is 0 Å². The number of hydrogen-bond acceptors (Lipinski definition) is 2. The van der Waals surface area contributed by atoms with Crippen LogP contribution in [0.3, 0.4) is 0 Å². The van der Waals surface area contributed by atoms with E-state index in [0.717, 1.165) is 31.6 Å². The molecule has 2 N–H and O–H groups in total. The highest BCUT2D eigenvalue weighted by Crippen LogP contribution is 2.22. The molecule has 0 spiro atoms. The number of aromatic nitrogens is 1. The summed E-state index contributed by atoms with van der Waals surface area (Å²) >= 11 is 0. The molecule has 0 aliphatic carbocycles. The summed E-state index contributed by atoms with van der Waals surface area (Å²) in [4.78, 5) is 12.5. The average molecular weight is 277 g/mol. The molecule has 1 fully saturated rings. The Bertz CT molecular complexity index is 453. The number of hydrogen-bond donors (Lipinski definition) is 2. The predicted molar refractivity (Wildman–Crippen MR) is 82.0 cm³/mol. The number of piperidine rings is 1. The normalized spacial score (nSPS) is 18.8. The van der Waals surface area contributed by atoms with Crippen LogP contribution >= 0.6 is 0 Å². The molecule has 1 aliphatic heterocycles. The molecule has 2 rings (SSSR count). The molecule has 112 valence electrons. The van der Waals surface area contributed by atoms with E-state index in [4.69, 9.17) is 0 Å². The Balaban J connectivity index is 2.09. The third kappa shape index (κ3) is 3.42. The number of carbonyl (C=O) groups is 1. The van der Waals surface area contributed by atoms with Crippen molar-refractivity contribution >= 4 is 5.91 Å². The topological polar surface area (TPSA) is 46.1 Å². The average Bonchev–Trinajstić information content (AvgIpc) is 2.87. The van der Waals surface area contributed by atoms with Gasteiger partial charge in [-0.3, -0.25) is 4.79 Å². The van der Waals surface area contributed by atoms with Gasteiger partial charge in [0.1, 0.15) is 5.69 Å². The zero-order valence-corrected chi connectivity index (χ0v) is 13.1. The van der Waals surface area contributed by atoms with Crippen LogP contribution in [0, 0.1) is 5.41 Å². The lowest BCUT2D eigenvalue weighted by atomic mass is 9.88. The Labute approximate surface area is 121 Å². The Morgan fingerprint density at radius 1 is 1.40 bits per heavy atom. The lowest BCUT2D eigenvalue weighted by molar-refractivity contribution is 0.0897. The van der Waals surface area contributed by atoms with E-state index >= 15 is 0 Å². The van der Waals surface area contributed by atoms with Crippen LogP contribution in [-0.2, 0) is 0 Å². The highest BCUT2D eigenvalue weighted by Gasteiger charge is 2.25. The van der Waals surface area contributed by atoms with Crippen LogP contribution in [0.5, 0.6) is 0 Å². The predicted octanol–water partition coefficient (Wildman–Crippen LogP) is 2.58. The van der Waals surface area contributed by atoms with Crippen molar-refractivity contribution in [2.75, 3.05) is 13.1 Å². The van der Waals surface area contributed by atoms with Crippen molar-refractivity contribution in [1.29, 1.82) is 0 Å². The van der Waals surface area contributed by atoms with Crippen molar-refractivity contribution in [3.8, 4) is 0 Å². The van der Waals surface area contributed by atoms with Crippen LogP contribution in [-0.4, -0.2) is 29.6 Å². The first kappa shape index (κ1) is 15.1. The van der Waals surface area contributed by atoms with Gasteiger partial charge >= 0.3 is 0 Å². The Kier molecular flexibility index (Phi) is 4.53. The third-order valence-electron chi connectivity index (χ3n) is 4.36. The van der Waals surface area contributed by atoms with Crippen LogP contribution in [0.15, 0.2) is 18.3 Å². The van der Waals surface area contributed by atoms with Gasteiger partial charge in [0.15, 0.2) is 0 Å². The molecule has 4 heteroatoms. The molecule has 2 heterocycles. The molecule has 1 saturated heterocycles. The van der Waals surface area contributed by atoms with Crippen molar-refractivity contribution in [1.82, 2.24) is 15.2 Å². The van der Waals surface area contributed by atoms with Crippen LogP contribution < -0.4 is 10.6 Å². The lowest BCUT2D eigenvalue weighted by Gasteiger charge is -2.29. The fourth-order valence-corrected chi connectivity index (χ4v) is 2.48. The summed E-state index contributed by atoms with van der Waals surface area (Å²) in [5, 5.41) is 6.49. The first-order valence-corrected chi connectivity index (χ1v) is 7.58. The zero-order valence-electron chi connectivity index (χ0n) is 13.1. The maximum Gasteiger partial charge on any atom is 0.268 e. The van der Waals surface area contributed by atoms with Gasteiger partial charge in [0, 0.05) is 18.3 Å². The van der Waals surface area contributed by atoms with E-state index in [0.29, 0.717) is 6.04 Å². The standard InChI is InChI=1S/C16H27N3O/c1-12(16(2,3)4)18-15(20)14-6-5-11-19(14)13-7-9-17-10-8-13/h5-6,11-13,17H,7-10H2,1-4H3,(H,18,20).